The Morgan fingerprint density at radius 2 is 1.75 bits per heavy atom. The van der Waals surface area contributed by atoms with Crippen LogP contribution in [0.2, 0.25) is 5.02 Å². The van der Waals surface area contributed by atoms with Crippen LogP contribution >= 0.6 is 11.6 Å². The highest BCUT2D eigenvalue weighted by Gasteiger charge is 2.63. The first-order chi connectivity index (χ1) is 13.1. The summed E-state index contributed by atoms with van der Waals surface area (Å²) in [6.45, 7) is 2.82. The van der Waals surface area contributed by atoms with Crippen LogP contribution in [0, 0.1) is 6.92 Å². The van der Waals surface area contributed by atoms with Crippen LogP contribution in [0.15, 0.2) is 48.5 Å². The highest BCUT2D eigenvalue weighted by atomic mass is 35.5. The van der Waals surface area contributed by atoms with Crippen molar-refractivity contribution in [3.63, 3.8) is 0 Å². The quantitative estimate of drug-likeness (QED) is 0.546. The number of carbonyl (C=O) groups is 2. The second-order valence-corrected chi connectivity index (χ2v) is 6.36. The molecule has 0 fully saturated rings. The number of aryl methyl sites for hydroxylation is 1. The van der Waals surface area contributed by atoms with Gasteiger partial charge in [-0.25, -0.2) is 4.79 Å². The Bertz CT molecular complexity index is 856. The van der Waals surface area contributed by atoms with E-state index in [9.17, 15) is 22.8 Å². The summed E-state index contributed by atoms with van der Waals surface area (Å²) in [7, 11) is 0. The number of hydrogen-bond donors (Lipinski definition) is 2. The van der Waals surface area contributed by atoms with Crippen LogP contribution in [0.3, 0.4) is 0 Å². The van der Waals surface area contributed by atoms with Gasteiger partial charge in [0.2, 0.25) is 0 Å². The van der Waals surface area contributed by atoms with Gasteiger partial charge in [0.05, 0.1) is 6.61 Å². The van der Waals surface area contributed by atoms with E-state index in [2.05, 4.69) is 10.1 Å². The number of alkyl halides is 3. The van der Waals surface area contributed by atoms with Crippen LogP contribution in [0.25, 0.3) is 0 Å². The summed E-state index contributed by atoms with van der Waals surface area (Å²) in [4.78, 5) is 24.9. The molecule has 0 radical (unpaired) electrons. The molecule has 0 spiro atoms. The molecular formula is C19H18ClF3N2O3. The number of esters is 1. The minimum atomic E-state index is -5.21. The maximum atomic E-state index is 14.1. The van der Waals surface area contributed by atoms with Crippen molar-refractivity contribution in [1.82, 2.24) is 5.32 Å². The fourth-order valence-corrected chi connectivity index (χ4v) is 2.55. The van der Waals surface area contributed by atoms with Crippen molar-refractivity contribution in [2.45, 2.75) is 25.7 Å². The molecule has 9 heteroatoms. The molecule has 2 aromatic carbocycles. The number of anilines is 1. The second-order valence-electron chi connectivity index (χ2n) is 5.92. The molecule has 2 N–H and O–H groups in total. The molecule has 0 aromatic heterocycles. The number of nitrogens with one attached hydrogen (secondary N) is 2. The third-order valence-corrected chi connectivity index (χ3v) is 4.01. The fraction of sp³-hybridized carbons (Fsp3) is 0.263. The molecule has 0 saturated carbocycles. The molecule has 0 aliphatic heterocycles. The predicted octanol–water partition coefficient (Wildman–Crippen LogP) is 4.31. The number of carbonyl (C=O) groups excluding carboxylic acids is 2. The molecule has 0 heterocycles. The van der Waals surface area contributed by atoms with Crippen LogP contribution in [-0.2, 0) is 9.53 Å². The molecule has 0 bridgehead atoms. The molecule has 2 rings (SSSR count). The van der Waals surface area contributed by atoms with Gasteiger partial charge in [0.25, 0.3) is 5.91 Å². The van der Waals surface area contributed by atoms with Crippen molar-refractivity contribution in [3.05, 3.63) is 64.7 Å². The van der Waals surface area contributed by atoms with E-state index in [0.717, 1.165) is 5.56 Å². The Balaban J connectivity index is 2.50. The number of rotatable bonds is 6. The van der Waals surface area contributed by atoms with Gasteiger partial charge in [-0.2, -0.15) is 13.2 Å². The van der Waals surface area contributed by atoms with E-state index >= 15 is 0 Å². The number of amides is 1. The van der Waals surface area contributed by atoms with Gasteiger partial charge in [-0.15, -0.1) is 0 Å². The highest BCUT2D eigenvalue weighted by molar-refractivity contribution is 6.31. The molecule has 1 unspecified atom stereocenters. The van der Waals surface area contributed by atoms with E-state index < -0.39 is 23.7 Å². The lowest BCUT2D eigenvalue weighted by molar-refractivity contribution is -0.204. The molecule has 1 atom stereocenters. The molecule has 2 aromatic rings. The minimum absolute atomic E-state index is 0.0256. The van der Waals surface area contributed by atoms with Crippen LogP contribution in [0.4, 0.5) is 18.9 Å². The standard InChI is InChI=1S/C19H18ClF3N2O3/c1-3-28-17(27)18(19(21,22)23,24-15-9-7-12(2)8-10-15)25-16(26)13-5-4-6-14(20)11-13/h4-11,24H,3H2,1-2H3,(H,25,26). The lowest BCUT2D eigenvalue weighted by Crippen LogP contribution is -2.69. The van der Waals surface area contributed by atoms with Gasteiger partial charge in [0.1, 0.15) is 0 Å². The van der Waals surface area contributed by atoms with E-state index in [0.29, 0.717) is 0 Å². The summed E-state index contributed by atoms with van der Waals surface area (Å²) >= 11 is 5.80. The van der Waals surface area contributed by atoms with E-state index in [-0.39, 0.29) is 22.9 Å². The largest absolute Gasteiger partial charge is 0.463 e. The Labute approximate surface area is 164 Å². The van der Waals surface area contributed by atoms with Crippen LogP contribution in [0.5, 0.6) is 0 Å². The molecular weight excluding hydrogens is 397 g/mol. The van der Waals surface area contributed by atoms with Crippen LogP contribution in [0.1, 0.15) is 22.8 Å². The third kappa shape index (κ3) is 4.75. The van der Waals surface area contributed by atoms with Crippen molar-refractivity contribution >= 4 is 29.2 Å². The summed E-state index contributed by atoms with van der Waals surface area (Å²) in [6.07, 6.45) is -5.21. The lowest BCUT2D eigenvalue weighted by atomic mass is 10.1. The van der Waals surface area contributed by atoms with E-state index in [1.54, 1.807) is 24.4 Å². The summed E-state index contributed by atoms with van der Waals surface area (Å²) in [6, 6.07) is 11.2. The van der Waals surface area contributed by atoms with Gasteiger partial charge in [0, 0.05) is 16.3 Å². The Hall–Kier alpha value is -2.74. The number of halogens is 4. The maximum absolute atomic E-state index is 14.1. The number of hydrogen-bond acceptors (Lipinski definition) is 4. The highest BCUT2D eigenvalue weighted by Crippen LogP contribution is 2.33. The maximum Gasteiger partial charge on any atom is 0.441 e. The predicted molar refractivity (Wildman–Crippen MR) is 99.1 cm³/mol. The average molecular weight is 415 g/mol. The summed E-state index contributed by atoms with van der Waals surface area (Å²) in [5.74, 6) is -2.83. The molecule has 0 aliphatic carbocycles. The molecule has 5 nitrogen and oxygen atoms in total. The first kappa shape index (κ1) is 21.6. The molecule has 0 saturated heterocycles. The van der Waals surface area contributed by atoms with Gasteiger partial charge in [-0.05, 0) is 44.2 Å². The number of ether oxygens (including phenoxy) is 1. The number of benzene rings is 2. The molecule has 28 heavy (non-hydrogen) atoms. The Morgan fingerprint density at radius 3 is 2.29 bits per heavy atom. The van der Waals surface area contributed by atoms with Gasteiger partial charge in [-0.3, -0.25) is 4.79 Å². The zero-order chi connectivity index (χ0) is 20.9. The van der Waals surface area contributed by atoms with Crippen molar-refractivity contribution in [2.24, 2.45) is 0 Å². The van der Waals surface area contributed by atoms with Crippen LogP contribution < -0.4 is 10.6 Å². The zero-order valence-electron chi connectivity index (χ0n) is 15.1. The average Bonchev–Trinajstić information content (AvgIpc) is 2.62. The van der Waals surface area contributed by atoms with E-state index in [1.165, 1.54) is 43.3 Å². The molecule has 0 aliphatic rings. The summed E-state index contributed by atoms with van der Waals surface area (Å²) < 4.78 is 46.8. The molecule has 1 amide bonds. The topological polar surface area (TPSA) is 67.4 Å². The third-order valence-electron chi connectivity index (χ3n) is 3.78. The lowest BCUT2D eigenvalue weighted by Gasteiger charge is -2.35. The van der Waals surface area contributed by atoms with Crippen molar-refractivity contribution in [1.29, 1.82) is 0 Å². The first-order valence-electron chi connectivity index (χ1n) is 8.26. The smallest absolute Gasteiger partial charge is 0.441 e. The normalized spacial score (nSPS) is 13.4. The minimum Gasteiger partial charge on any atom is -0.463 e. The van der Waals surface area contributed by atoms with Crippen molar-refractivity contribution in [3.8, 4) is 0 Å². The van der Waals surface area contributed by atoms with E-state index in [4.69, 9.17) is 11.6 Å². The molecule has 150 valence electrons. The monoisotopic (exact) mass is 414 g/mol. The van der Waals surface area contributed by atoms with Crippen molar-refractivity contribution in [2.75, 3.05) is 11.9 Å². The Morgan fingerprint density at radius 1 is 1.11 bits per heavy atom. The van der Waals surface area contributed by atoms with Gasteiger partial charge in [-0.1, -0.05) is 35.4 Å². The van der Waals surface area contributed by atoms with Gasteiger partial charge in [0.15, 0.2) is 0 Å². The zero-order valence-corrected chi connectivity index (χ0v) is 15.8. The summed E-state index contributed by atoms with van der Waals surface area (Å²) in [5, 5.41) is 4.01. The Kier molecular flexibility index (Phi) is 6.56. The van der Waals surface area contributed by atoms with Gasteiger partial charge < -0.3 is 15.4 Å². The van der Waals surface area contributed by atoms with Crippen molar-refractivity contribution < 1.29 is 27.5 Å². The second kappa shape index (κ2) is 8.52. The SMILES string of the molecule is CCOC(=O)C(NC(=O)c1cccc(Cl)c1)(Nc1ccc(C)cc1)C(F)(F)F. The first-order valence-corrected chi connectivity index (χ1v) is 8.63. The fourth-order valence-electron chi connectivity index (χ4n) is 2.36. The summed E-state index contributed by atoms with van der Waals surface area (Å²) in [5.41, 5.74) is -2.85. The van der Waals surface area contributed by atoms with E-state index in [1.807, 2.05) is 0 Å². The van der Waals surface area contributed by atoms with Gasteiger partial charge >= 0.3 is 17.8 Å². The van der Waals surface area contributed by atoms with Crippen LogP contribution in [-0.4, -0.2) is 30.3 Å².